The number of hydrogen-bond acceptors (Lipinski definition) is 10. The highest BCUT2D eigenvalue weighted by Gasteiger charge is 2.39. The molecule has 3 N–H and O–H groups in total. The summed E-state index contributed by atoms with van der Waals surface area (Å²) in [6, 6.07) is 0.234. The van der Waals surface area contributed by atoms with Crippen LogP contribution in [-0.2, 0) is 21.2 Å². The van der Waals surface area contributed by atoms with Crippen molar-refractivity contribution in [2.75, 3.05) is 54.6 Å². The van der Waals surface area contributed by atoms with Gasteiger partial charge < -0.3 is 20.3 Å². The van der Waals surface area contributed by atoms with Crippen LogP contribution in [0.25, 0.3) is 11.3 Å². The van der Waals surface area contributed by atoms with E-state index in [2.05, 4.69) is 24.5 Å². The molecule has 2 aliphatic heterocycles. The molecule has 3 aliphatic rings. The van der Waals surface area contributed by atoms with E-state index in [1.807, 2.05) is 0 Å². The Morgan fingerprint density at radius 2 is 1.84 bits per heavy atom. The van der Waals surface area contributed by atoms with Gasteiger partial charge in [0.1, 0.15) is 5.82 Å². The van der Waals surface area contributed by atoms with E-state index in [4.69, 9.17) is 20.4 Å². The molecular formula is C19H26N8O3S. The van der Waals surface area contributed by atoms with Gasteiger partial charge in [-0.3, -0.25) is 0 Å². The van der Waals surface area contributed by atoms with Gasteiger partial charge >= 0.3 is 0 Å². The molecule has 2 fully saturated rings. The average molecular weight is 447 g/mol. The number of hydrogen-bond donors (Lipinski definition) is 2. The van der Waals surface area contributed by atoms with Crippen LogP contribution in [0.4, 0.5) is 17.7 Å². The Morgan fingerprint density at radius 1 is 1.13 bits per heavy atom. The highest BCUT2D eigenvalue weighted by Crippen LogP contribution is 2.40. The van der Waals surface area contributed by atoms with Gasteiger partial charge in [0.05, 0.1) is 25.2 Å². The Labute approximate surface area is 181 Å². The zero-order valence-corrected chi connectivity index (χ0v) is 18.2. The number of nitrogens with two attached hydrogens (primary N) is 1. The molecule has 1 saturated heterocycles. The summed E-state index contributed by atoms with van der Waals surface area (Å²) < 4.78 is 31.2. The second kappa shape index (κ2) is 7.84. The van der Waals surface area contributed by atoms with Crippen molar-refractivity contribution in [1.82, 2.24) is 24.7 Å². The first-order valence-corrected chi connectivity index (χ1v) is 12.3. The molecule has 11 nitrogen and oxygen atoms in total. The molecule has 0 aromatic carbocycles. The van der Waals surface area contributed by atoms with Crippen molar-refractivity contribution in [2.45, 2.75) is 31.3 Å². The third-order valence-corrected chi connectivity index (χ3v) is 6.78. The number of nitrogen functional groups attached to an aromatic ring is 1. The Morgan fingerprint density at radius 3 is 2.52 bits per heavy atom. The monoisotopic (exact) mass is 446 g/mol. The number of nitrogens with one attached hydrogen (secondary N) is 1. The summed E-state index contributed by atoms with van der Waals surface area (Å²) in [5.74, 6) is 1.82. The maximum Gasteiger partial charge on any atom is 0.228 e. The summed E-state index contributed by atoms with van der Waals surface area (Å²) in [4.78, 5) is 22.6. The van der Waals surface area contributed by atoms with Gasteiger partial charge in [-0.1, -0.05) is 0 Å². The normalized spacial score (nSPS) is 23.5. The zero-order valence-electron chi connectivity index (χ0n) is 17.4. The van der Waals surface area contributed by atoms with Gasteiger partial charge in [-0.05, 0) is 19.3 Å². The van der Waals surface area contributed by atoms with E-state index < -0.39 is 10.0 Å². The molecule has 0 atom stereocenters. The molecule has 2 aromatic heterocycles. The summed E-state index contributed by atoms with van der Waals surface area (Å²) in [5, 5.41) is 0. The number of anilines is 3. The van der Waals surface area contributed by atoms with E-state index >= 15 is 0 Å². The number of ether oxygens (including phenoxy) is 1. The van der Waals surface area contributed by atoms with Gasteiger partial charge in [0, 0.05) is 55.2 Å². The molecule has 166 valence electrons. The van der Waals surface area contributed by atoms with Gasteiger partial charge in [0.15, 0.2) is 0 Å². The Hall–Kier alpha value is -2.57. The van der Waals surface area contributed by atoms with Crippen LogP contribution in [0, 0.1) is 0 Å². The highest BCUT2D eigenvalue weighted by molar-refractivity contribution is 7.88. The van der Waals surface area contributed by atoms with Crippen molar-refractivity contribution in [3.05, 3.63) is 18.0 Å². The third-order valence-electron chi connectivity index (χ3n) is 6.02. The Bertz CT molecular complexity index is 1070. The molecule has 2 aromatic rings. The fourth-order valence-electron chi connectivity index (χ4n) is 4.47. The molecule has 0 unspecified atom stereocenters. The van der Waals surface area contributed by atoms with Crippen LogP contribution in [0.15, 0.2) is 12.4 Å². The van der Waals surface area contributed by atoms with Crippen molar-refractivity contribution in [3.8, 4) is 11.3 Å². The molecule has 31 heavy (non-hydrogen) atoms. The molecule has 1 aliphatic carbocycles. The summed E-state index contributed by atoms with van der Waals surface area (Å²) in [6.07, 6.45) is 6.96. The number of sulfonamides is 1. The minimum absolute atomic E-state index is 0.0189. The van der Waals surface area contributed by atoms with Gasteiger partial charge in [-0.2, -0.15) is 4.98 Å². The molecule has 4 heterocycles. The molecule has 12 heteroatoms. The summed E-state index contributed by atoms with van der Waals surface area (Å²) >= 11 is 0. The number of morpholine rings is 1. The predicted octanol–water partition coefficient (Wildman–Crippen LogP) is -0.205. The van der Waals surface area contributed by atoms with Crippen LogP contribution in [0.1, 0.15) is 18.4 Å². The second-order valence-corrected chi connectivity index (χ2v) is 10.0. The minimum atomic E-state index is -3.20. The fraction of sp³-hybridized carbons (Fsp3) is 0.579. The molecule has 0 amide bonds. The number of aromatic nitrogens is 4. The van der Waals surface area contributed by atoms with Crippen molar-refractivity contribution >= 4 is 27.7 Å². The van der Waals surface area contributed by atoms with Gasteiger partial charge in [0.2, 0.25) is 21.9 Å². The molecule has 0 spiro atoms. The Balaban J connectivity index is 1.47. The molecule has 0 radical (unpaired) electrons. The molecule has 5 rings (SSSR count). The van der Waals surface area contributed by atoms with Crippen molar-refractivity contribution < 1.29 is 13.2 Å². The quantitative estimate of drug-likeness (QED) is 0.634. The fourth-order valence-corrected chi connectivity index (χ4v) is 5.27. The zero-order chi connectivity index (χ0) is 21.6. The highest BCUT2D eigenvalue weighted by atomic mass is 32.2. The lowest BCUT2D eigenvalue weighted by atomic mass is 9.86. The molecular weight excluding hydrogens is 420 g/mol. The first kappa shape index (κ1) is 20.3. The summed E-state index contributed by atoms with van der Waals surface area (Å²) in [6.45, 7) is 3.59. The van der Waals surface area contributed by atoms with Gasteiger partial charge in [-0.25, -0.2) is 28.1 Å². The van der Waals surface area contributed by atoms with Crippen molar-refractivity contribution in [2.24, 2.45) is 0 Å². The van der Waals surface area contributed by atoms with Crippen LogP contribution in [0.2, 0.25) is 0 Å². The van der Waals surface area contributed by atoms with Crippen LogP contribution in [-0.4, -0.2) is 79.5 Å². The average Bonchev–Trinajstić information content (AvgIpc) is 3.14. The molecule has 0 bridgehead atoms. The maximum atomic E-state index is 11.5. The molecule has 1 saturated carbocycles. The predicted molar refractivity (Wildman–Crippen MR) is 116 cm³/mol. The Kier molecular flexibility index (Phi) is 5.15. The van der Waals surface area contributed by atoms with Gasteiger partial charge in [-0.15, -0.1) is 0 Å². The lowest BCUT2D eigenvalue weighted by Gasteiger charge is -2.42. The van der Waals surface area contributed by atoms with E-state index in [9.17, 15) is 8.42 Å². The topological polar surface area (TPSA) is 139 Å². The number of fused-ring (bicyclic) bond motifs is 1. The minimum Gasteiger partial charge on any atom is -0.378 e. The van der Waals surface area contributed by atoms with E-state index in [1.165, 1.54) is 6.26 Å². The van der Waals surface area contributed by atoms with Crippen LogP contribution >= 0.6 is 0 Å². The van der Waals surface area contributed by atoms with Crippen LogP contribution in [0.5, 0.6) is 0 Å². The van der Waals surface area contributed by atoms with E-state index in [0.29, 0.717) is 19.2 Å². The van der Waals surface area contributed by atoms with Crippen LogP contribution in [0.3, 0.4) is 0 Å². The van der Waals surface area contributed by atoms with Crippen molar-refractivity contribution in [1.29, 1.82) is 0 Å². The lowest BCUT2D eigenvalue weighted by Crippen LogP contribution is -2.53. The lowest BCUT2D eigenvalue weighted by molar-refractivity contribution is 0.122. The summed E-state index contributed by atoms with van der Waals surface area (Å²) in [7, 11) is -3.20. The standard InChI is InChI=1S/C19H26N8O3S/c1-31(28,29)25-13-8-14(9-13)27-3-2-15-16(12-10-21-18(20)22-11-12)23-19(24-17(15)27)26-4-6-30-7-5-26/h10-11,13-14,25H,2-9H2,1H3,(H2,20,21,22)/t13-,14-. The second-order valence-electron chi connectivity index (χ2n) is 8.26. The largest absolute Gasteiger partial charge is 0.378 e. The maximum absolute atomic E-state index is 11.5. The van der Waals surface area contributed by atoms with Gasteiger partial charge in [0.25, 0.3) is 0 Å². The third kappa shape index (κ3) is 4.14. The van der Waals surface area contributed by atoms with E-state index in [1.54, 1.807) is 12.4 Å². The van der Waals surface area contributed by atoms with Crippen LogP contribution < -0.4 is 20.3 Å². The van der Waals surface area contributed by atoms with Crippen molar-refractivity contribution in [3.63, 3.8) is 0 Å². The first-order valence-electron chi connectivity index (χ1n) is 10.4. The number of rotatable bonds is 5. The number of nitrogens with zero attached hydrogens (tertiary/aromatic N) is 6. The SMILES string of the molecule is CS(=O)(=O)N[C@H]1C[C@H](N2CCc3c(-c4cnc(N)nc4)nc(N4CCOCC4)nc32)C1. The first-order chi connectivity index (χ1) is 14.9. The summed E-state index contributed by atoms with van der Waals surface area (Å²) in [5.41, 5.74) is 8.40. The van der Waals surface area contributed by atoms with E-state index in [0.717, 1.165) is 61.5 Å². The van der Waals surface area contributed by atoms with E-state index in [-0.39, 0.29) is 18.0 Å². The smallest absolute Gasteiger partial charge is 0.228 e.